The van der Waals surface area contributed by atoms with Crippen LogP contribution in [0.3, 0.4) is 0 Å². The van der Waals surface area contributed by atoms with Crippen LogP contribution in [0.4, 0.5) is 0 Å². The number of benzene rings is 1. The number of amides is 1. The zero-order chi connectivity index (χ0) is 13.1. The molecule has 1 amide bonds. The number of hydrogen-bond donors (Lipinski definition) is 1. The van der Waals surface area contributed by atoms with E-state index in [2.05, 4.69) is 6.92 Å². The van der Waals surface area contributed by atoms with Gasteiger partial charge in [0.2, 0.25) is 0 Å². The summed E-state index contributed by atoms with van der Waals surface area (Å²) in [4.78, 5) is 14.4. The van der Waals surface area contributed by atoms with Crippen LogP contribution in [0.15, 0.2) is 24.3 Å². The van der Waals surface area contributed by atoms with Crippen molar-refractivity contribution in [3.05, 3.63) is 34.9 Å². The molecule has 0 aliphatic carbocycles. The highest BCUT2D eigenvalue weighted by Crippen LogP contribution is 2.26. The van der Waals surface area contributed by atoms with E-state index in [1.54, 1.807) is 12.1 Å². The Morgan fingerprint density at radius 2 is 2.16 bits per heavy atom. The molecule has 1 aromatic carbocycles. The lowest BCUT2D eigenvalue weighted by Crippen LogP contribution is -2.51. The summed E-state index contributed by atoms with van der Waals surface area (Å²) in [5.41, 5.74) is 6.39. The van der Waals surface area contributed by atoms with Crippen LogP contribution in [0.5, 0.6) is 0 Å². The van der Waals surface area contributed by atoms with Gasteiger partial charge in [0.05, 0.1) is 10.6 Å². The molecule has 2 rings (SSSR count). The molecule has 1 saturated heterocycles. The summed E-state index contributed by atoms with van der Waals surface area (Å²) >= 11 is 6.09. The first-order valence-electron chi connectivity index (χ1n) is 6.40. The SMILES string of the molecule is CC1CCCN(C(=O)c2ccccc2Cl)C1CN.Cl. The fourth-order valence-electron chi connectivity index (χ4n) is 2.65. The van der Waals surface area contributed by atoms with Gasteiger partial charge in [-0.1, -0.05) is 30.7 Å². The largest absolute Gasteiger partial charge is 0.334 e. The van der Waals surface area contributed by atoms with E-state index in [9.17, 15) is 4.79 Å². The van der Waals surface area contributed by atoms with E-state index in [0.29, 0.717) is 23.0 Å². The van der Waals surface area contributed by atoms with Crippen LogP contribution in [0, 0.1) is 5.92 Å². The fraction of sp³-hybridized carbons (Fsp3) is 0.500. The number of piperidine rings is 1. The highest BCUT2D eigenvalue weighted by atomic mass is 35.5. The second-order valence-electron chi connectivity index (χ2n) is 4.90. The molecule has 0 bridgehead atoms. The molecular weight excluding hydrogens is 283 g/mol. The molecule has 19 heavy (non-hydrogen) atoms. The maximum Gasteiger partial charge on any atom is 0.255 e. The van der Waals surface area contributed by atoms with Gasteiger partial charge in [-0.2, -0.15) is 0 Å². The van der Waals surface area contributed by atoms with Crippen LogP contribution in [-0.2, 0) is 0 Å². The molecule has 2 N–H and O–H groups in total. The monoisotopic (exact) mass is 302 g/mol. The average Bonchev–Trinajstić information content (AvgIpc) is 2.38. The third-order valence-electron chi connectivity index (χ3n) is 3.72. The number of carbonyl (C=O) groups excluding carboxylic acids is 1. The van der Waals surface area contributed by atoms with Crippen molar-refractivity contribution in [2.75, 3.05) is 13.1 Å². The van der Waals surface area contributed by atoms with Gasteiger partial charge in [0, 0.05) is 19.1 Å². The Morgan fingerprint density at radius 3 is 2.79 bits per heavy atom. The Hall–Kier alpha value is -0.770. The Bertz CT molecular complexity index is 439. The minimum atomic E-state index is 0. The van der Waals surface area contributed by atoms with Crippen molar-refractivity contribution < 1.29 is 4.79 Å². The second kappa shape index (κ2) is 7.13. The van der Waals surface area contributed by atoms with Gasteiger partial charge >= 0.3 is 0 Å². The van der Waals surface area contributed by atoms with E-state index >= 15 is 0 Å². The molecule has 1 heterocycles. The highest BCUT2D eigenvalue weighted by Gasteiger charge is 2.31. The van der Waals surface area contributed by atoms with Crippen LogP contribution in [0.25, 0.3) is 0 Å². The van der Waals surface area contributed by atoms with E-state index < -0.39 is 0 Å². The minimum Gasteiger partial charge on any atom is -0.334 e. The maximum absolute atomic E-state index is 12.5. The van der Waals surface area contributed by atoms with Gasteiger partial charge in [-0.05, 0) is 30.9 Å². The van der Waals surface area contributed by atoms with Crippen molar-refractivity contribution in [3.63, 3.8) is 0 Å². The van der Waals surface area contributed by atoms with Crippen molar-refractivity contribution in [1.29, 1.82) is 0 Å². The molecule has 0 saturated carbocycles. The van der Waals surface area contributed by atoms with Gasteiger partial charge in [-0.25, -0.2) is 0 Å². The van der Waals surface area contributed by atoms with Crippen molar-refractivity contribution in [2.24, 2.45) is 11.7 Å². The smallest absolute Gasteiger partial charge is 0.255 e. The number of rotatable bonds is 2. The molecule has 0 radical (unpaired) electrons. The standard InChI is InChI=1S/C14H19ClN2O.ClH/c1-10-5-4-8-17(13(10)9-16)14(18)11-6-2-3-7-12(11)15;/h2-3,6-7,10,13H,4-5,8-9,16H2,1H3;1H. The summed E-state index contributed by atoms with van der Waals surface area (Å²) in [7, 11) is 0. The quantitative estimate of drug-likeness (QED) is 0.913. The number of likely N-dealkylation sites (tertiary alicyclic amines) is 1. The van der Waals surface area contributed by atoms with E-state index in [1.165, 1.54) is 0 Å². The van der Waals surface area contributed by atoms with E-state index in [-0.39, 0.29) is 24.4 Å². The average molecular weight is 303 g/mol. The molecule has 3 nitrogen and oxygen atoms in total. The maximum atomic E-state index is 12.5. The molecule has 5 heteroatoms. The summed E-state index contributed by atoms with van der Waals surface area (Å²) in [6.07, 6.45) is 2.17. The predicted octanol–water partition coefficient (Wildman–Crippen LogP) is 2.96. The lowest BCUT2D eigenvalue weighted by molar-refractivity contribution is 0.0533. The number of carbonyl (C=O) groups is 1. The first-order valence-corrected chi connectivity index (χ1v) is 6.78. The Kier molecular flexibility index (Phi) is 6.11. The lowest BCUT2D eigenvalue weighted by atomic mass is 9.90. The molecule has 1 aliphatic heterocycles. The molecule has 2 unspecified atom stereocenters. The van der Waals surface area contributed by atoms with E-state index in [4.69, 9.17) is 17.3 Å². The third-order valence-corrected chi connectivity index (χ3v) is 4.05. The van der Waals surface area contributed by atoms with Crippen LogP contribution < -0.4 is 5.73 Å². The molecule has 106 valence electrons. The van der Waals surface area contributed by atoms with Crippen LogP contribution >= 0.6 is 24.0 Å². The fourth-order valence-corrected chi connectivity index (χ4v) is 2.87. The third kappa shape index (κ3) is 3.41. The van der Waals surface area contributed by atoms with Crippen LogP contribution in [0.2, 0.25) is 5.02 Å². The van der Waals surface area contributed by atoms with Gasteiger partial charge in [0.25, 0.3) is 5.91 Å². The first kappa shape index (κ1) is 16.3. The van der Waals surface area contributed by atoms with E-state index in [1.807, 2.05) is 17.0 Å². The molecule has 1 aromatic rings. The molecule has 1 aliphatic rings. The van der Waals surface area contributed by atoms with Crippen LogP contribution in [0.1, 0.15) is 30.1 Å². The van der Waals surface area contributed by atoms with Crippen molar-refractivity contribution >= 4 is 29.9 Å². The molecule has 0 aromatic heterocycles. The number of halogens is 2. The molecule has 0 spiro atoms. The summed E-state index contributed by atoms with van der Waals surface area (Å²) in [5, 5.41) is 0.511. The second-order valence-corrected chi connectivity index (χ2v) is 5.31. The lowest BCUT2D eigenvalue weighted by Gasteiger charge is -2.39. The van der Waals surface area contributed by atoms with Crippen molar-refractivity contribution in [2.45, 2.75) is 25.8 Å². The summed E-state index contributed by atoms with van der Waals surface area (Å²) in [6, 6.07) is 7.32. The Labute approximate surface area is 125 Å². The number of nitrogens with zero attached hydrogens (tertiary/aromatic N) is 1. The number of nitrogens with two attached hydrogens (primary N) is 1. The number of hydrogen-bond acceptors (Lipinski definition) is 2. The van der Waals surface area contributed by atoms with E-state index in [0.717, 1.165) is 19.4 Å². The van der Waals surface area contributed by atoms with Crippen molar-refractivity contribution in [3.8, 4) is 0 Å². The zero-order valence-electron chi connectivity index (χ0n) is 11.0. The van der Waals surface area contributed by atoms with Gasteiger partial charge < -0.3 is 10.6 Å². The Morgan fingerprint density at radius 1 is 1.47 bits per heavy atom. The Balaban J connectivity index is 0.00000180. The van der Waals surface area contributed by atoms with Gasteiger partial charge in [-0.3, -0.25) is 4.79 Å². The van der Waals surface area contributed by atoms with Crippen molar-refractivity contribution in [1.82, 2.24) is 4.90 Å². The minimum absolute atomic E-state index is 0. The molecular formula is C14H20Cl2N2O. The normalized spacial score (nSPS) is 22.8. The highest BCUT2D eigenvalue weighted by molar-refractivity contribution is 6.33. The predicted molar refractivity (Wildman–Crippen MR) is 81.0 cm³/mol. The summed E-state index contributed by atoms with van der Waals surface area (Å²) in [6.45, 7) is 3.44. The molecule has 1 fully saturated rings. The topological polar surface area (TPSA) is 46.3 Å². The van der Waals surface area contributed by atoms with Gasteiger partial charge in [0.15, 0.2) is 0 Å². The summed E-state index contributed by atoms with van der Waals surface area (Å²) < 4.78 is 0. The van der Waals surface area contributed by atoms with Crippen LogP contribution in [-0.4, -0.2) is 29.9 Å². The molecule has 2 atom stereocenters. The van der Waals surface area contributed by atoms with Gasteiger partial charge in [0.1, 0.15) is 0 Å². The van der Waals surface area contributed by atoms with Gasteiger partial charge in [-0.15, -0.1) is 12.4 Å². The first-order chi connectivity index (χ1) is 8.65. The summed E-state index contributed by atoms with van der Waals surface area (Å²) in [5.74, 6) is 0.456. The zero-order valence-corrected chi connectivity index (χ0v) is 12.6.